The maximum atomic E-state index is 5.47. The summed E-state index contributed by atoms with van der Waals surface area (Å²) in [5.41, 5.74) is 1.28. The molecule has 5 heterocycles. The first-order valence-electron chi connectivity index (χ1n) is 9.87. The summed E-state index contributed by atoms with van der Waals surface area (Å²) in [6.45, 7) is 9.36. The molecule has 1 unspecified atom stereocenters. The summed E-state index contributed by atoms with van der Waals surface area (Å²) in [5.74, 6) is 2.92. The van der Waals surface area contributed by atoms with E-state index in [-0.39, 0.29) is 0 Å². The van der Waals surface area contributed by atoms with Gasteiger partial charge in [-0.3, -0.25) is 4.90 Å². The van der Waals surface area contributed by atoms with Gasteiger partial charge < -0.3 is 10.1 Å². The van der Waals surface area contributed by atoms with E-state index in [0.29, 0.717) is 6.04 Å². The predicted molar refractivity (Wildman–Crippen MR) is 109 cm³/mol. The topological polar surface area (TPSA) is 81.0 Å². The minimum Gasteiger partial charge on any atom is -0.379 e. The van der Waals surface area contributed by atoms with Crippen molar-refractivity contribution in [2.24, 2.45) is 0 Å². The third-order valence-corrected chi connectivity index (χ3v) is 6.79. The largest absolute Gasteiger partial charge is 0.379 e. The van der Waals surface area contributed by atoms with Crippen molar-refractivity contribution in [1.82, 2.24) is 29.6 Å². The van der Waals surface area contributed by atoms with E-state index >= 15 is 0 Å². The zero-order valence-electron chi connectivity index (χ0n) is 16.3. The van der Waals surface area contributed by atoms with Crippen molar-refractivity contribution in [1.29, 1.82) is 0 Å². The van der Waals surface area contributed by atoms with Gasteiger partial charge in [0.25, 0.3) is 0 Å². The van der Waals surface area contributed by atoms with Crippen molar-refractivity contribution in [2.75, 3.05) is 31.6 Å². The van der Waals surface area contributed by atoms with E-state index in [2.05, 4.69) is 34.1 Å². The molecule has 0 spiro atoms. The Kier molecular flexibility index (Phi) is 4.73. The SMILES string of the molecule is Cc1sc2nc(CN3CCOCC3)nc(NC3CCc4ncnn4C3)c2c1C. The van der Waals surface area contributed by atoms with Crippen LogP contribution in [0.1, 0.15) is 28.5 Å². The summed E-state index contributed by atoms with van der Waals surface area (Å²) in [4.78, 5) is 18.9. The maximum Gasteiger partial charge on any atom is 0.146 e. The number of ether oxygens (including phenoxy) is 1. The Morgan fingerprint density at radius 1 is 1.25 bits per heavy atom. The molecule has 1 saturated heterocycles. The molecular weight excluding hydrogens is 374 g/mol. The molecule has 28 heavy (non-hydrogen) atoms. The molecule has 2 aliphatic heterocycles. The molecule has 0 aliphatic carbocycles. The van der Waals surface area contributed by atoms with Gasteiger partial charge in [-0.2, -0.15) is 5.10 Å². The number of hydrogen-bond acceptors (Lipinski definition) is 8. The lowest BCUT2D eigenvalue weighted by Crippen LogP contribution is -2.36. The second-order valence-electron chi connectivity index (χ2n) is 7.58. The van der Waals surface area contributed by atoms with Gasteiger partial charge in [0.2, 0.25) is 0 Å². The summed E-state index contributed by atoms with van der Waals surface area (Å²) < 4.78 is 7.47. The van der Waals surface area contributed by atoms with Crippen molar-refractivity contribution in [3.63, 3.8) is 0 Å². The molecule has 3 aromatic heterocycles. The summed E-state index contributed by atoms with van der Waals surface area (Å²) >= 11 is 1.76. The van der Waals surface area contributed by atoms with E-state index in [0.717, 1.165) is 79.9 Å². The van der Waals surface area contributed by atoms with Crippen LogP contribution in [0.4, 0.5) is 5.82 Å². The van der Waals surface area contributed by atoms with Gasteiger partial charge in [0.15, 0.2) is 0 Å². The number of morpholine rings is 1. The van der Waals surface area contributed by atoms with Crippen LogP contribution in [-0.4, -0.2) is 62.0 Å². The van der Waals surface area contributed by atoms with E-state index in [1.54, 1.807) is 17.7 Å². The molecule has 9 heteroatoms. The van der Waals surface area contributed by atoms with E-state index in [1.165, 1.54) is 10.4 Å². The van der Waals surface area contributed by atoms with E-state index in [9.17, 15) is 0 Å². The number of thiophene rings is 1. The van der Waals surface area contributed by atoms with Gasteiger partial charge in [0, 0.05) is 30.4 Å². The minimum absolute atomic E-state index is 0.295. The minimum atomic E-state index is 0.295. The summed E-state index contributed by atoms with van der Waals surface area (Å²) in [7, 11) is 0. The number of anilines is 1. The fourth-order valence-electron chi connectivity index (χ4n) is 3.98. The molecule has 2 aliphatic rings. The molecule has 1 fully saturated rings. The van der Waals surface area contributed by atoms with Crippen LogP contribution in [0.15, 0.2) is 6.33 Å². The molecule has 0 aromatic carbocycles. The number of aryl methyl sites for hydroxylation is 3. The van der Waals surface area contributed by atoms with E-state index in [4.69, 9.17) is 14.7 Å². The Morgan fingerprint density at radius 3 is 2.96 bits per heavy atom. The molecule has 0 saturated carbocycles. The lowest BCUT2D eigenvalue weighted by molar-refractivity contribution is 0.0331. The number of nitrogens with one attached hydrogen (secondary N) is 1. The molecule has 1 N–H and O–H groups in total. The molecule has 0 radical (unpaired) electrons. The third-order valence-electron chi connectivity index (χ3n) is 5.69. The van der Waals surface area contributed by atoms with Crippen LogP contribution in [0.5, 0.6) is 0 Å². The van der Waals surface area contributed by atoms with Crippen molar-refractivity contribution in [3.8, 4) is 0 Å². The van der Waals surface area contributed by atoms with Crippen LogP contribution >= 0.6 is 11.3 Å². The van der Waals surface area contributed by atoms with Crippen molar-refractivity contribution < 1.29 is 4.74 Å². The van der Waals surface area contributed by atoms with Gasteiger partial charge in [-0.15, -0.1) is 11.3 Å². The molecular formula is C19H25N7OS. The van der Waals surface area contributed by atoms with Crippen LogP contribution in [0, 0.1) is 13.8 Å². The van der Waals surface area contributed by atoms with Gasteiger partial charge in [-0.25, -0.2) is 19.6 Å². The zero-order valence-corrected chi connectivity index (χ0v) is 17.1. The first-order chi connectivity index (χ1) is 13.7. The number of fused-ring (bicyclic) bond motifs is 2. The van der Waals surface area contributed by atoms with Crippen molar-refractivity contribution in [3.05, 3.63) is 28.4 Å². The molecule has 0 amide bonds. The Bertz CT molecular complexity index is 992. The standard InChI is InChI=1S/C19H25N7OS/c1-12-13(2)28-19-17(12)18(22-14-3-4-16-20-11-21-26(16)9-14)23-15(24-19)10-25-5-7-27-8-6-25/h11,14H,3-10H2,1-2H3,(H,22,23,24). The molecule has 148 valence electrons. The van der Waals surface area contributed by atoms with Gasteiger partial charge in [-0.1, -0.05) is 0 Å². The van der Waals surface area contributed by atoms with Gasteiger partial charge in [-0.05, 0) is 25.8 Å². The highest BCUT2D eigenvalue weighted by atomic mass is 32.1. The van der Waals surface area contributed by atoms with Crippen LogP contribution in [0.2, 0.25) is 0 Å². The highest BCUT2D eigenvalue weighted by Crippen LogP contribution is 2.34. The van der Waals surface area contributed by atoms with Gasteiger partial charge in [0.1, 0.15) is 28.6 Å². The highest BCUT2D eigenvalue weighted by Gasteiger charge is 2.23. The quantitative estimate of drug-likeness (QED) is 0.720. The first kappa shape index (κ1) is 18.0. The second kappa shape index (κ2) is 7.38. The Hall–Kier alpha value is -2.10. The van der Waals surface area contributed by atoms with Crippen molar-refractivity contribution >= 4 is 27.4 Å². The van der Waals surface area contributed by atoms with Crippen LogP contribution < -0.4 is 5.32 Å². The van der Waals surface area contributed by atoms with Gasteiger partial charge in [0.05, 0.1) is 31.7 Å². The number of nitrogens with zero attached hydrogens (tertiary/aromatic N) is 6. The predicted octanol–water partition coefficient (Wildman–Crippen LogP) is 2.16. The van der Waals surface area contributed by atoms with Gasteiger partial charge >= 0.3 is 0 Å². The highest BCUT2D eigenvalue weighted by molar-refractivity contribution is 7.18. The number of rotatable bonds is 4. The second-order valence-corrected chi connectivity index (χ2v) is 8.78. The Morgan fingerprint density at radius 2 is 2.11 bits per heavy atom. The maximum absolute atomic E-state index is 5.47. The van der Waals surface area contributed by atoms with E-state index in [1.807, 2.05) is 4.68 Å². The Labute approximate surface area is 168 Å². The third kappa shape index (κ3) is 3.38. The lowest BCUT2D eigenvalue weighted by Gasteiger charge is -2.27. The average Bonchev–Trinajstić information content (AvgIpc) is 3.27. The smallest absolute Gasteiger partial charge is 0.146 e. The average molecular weight is 400 g/mol. The fourth-order valence-corrected chi connectivity index (χ4v) is 5.03. The molecule has 3 aromatic rings. The number of aromatic nitrogens is 5. The van der Waals surface area contributed by atoms with Crippen LogP contribution in [-0.2, 0) is 24.2 Å². The molecule has 5 rings (SSSR count). The summed E-state index contributed by atoms with van der Waals surface area (Å²) in [6.07, 6.45) is 3.62. The number of hydrogen-bond donors (Lipinski definition) is 1. The molecule has 0 bridgehead atoms. The van der Waals surface area contributed by atoms with E-state index < -0.39 is 0 Å². The van der Waals surface area contributed by atoms with Crippen LogP contribution in [0.3, 0.4) is 0 Å². The monoisotopic (exact) mass is 399 g/mol. The molecule has 8 nitrogen and oxygen atoms in total. The zero-order chi connectivity index (χ0) is 19.1. The summed E-state index contributed by atoms with van der Waals surface area (Å²) in [6, 6.07) is 0.295. The Balaban J connectivity index is 1.45. The summed E-state index contributed by atoms with van der Waals surface area (Å²) in [5, 5.41) is 9.22. The lowest BCUT2D eigenvalue weighted by atomic mass is 10.1. The first-order valence-corrected chi connectivity index (χ1v) is 10.7. The van der Waals surface area contributed by atoms with Crippen molar-refractivity contribution in [2.45, 2.75) is 45.8 Å². The molecule has 1 atom stereocenters. The normalized spacial score (nSPS) is 20.4. The van der Waals surface area contributed by atoms with Crippen LogP contribution in [0.25, 0.3) is 10.2 Å². The fraction of sp³-hybridized carbons (Fsp3) is 0.579.